The molecule has 0 aromatic carbocycles. The smallest absolute Gasteiger partial charge is 0.420 e. The number of ether oxygens (including phenoxy) is 1. The van der Waals surface area contributed by atoms with Crippen molar-refractivity contribution in [2.75, 3.05) is 0 Å². The molecule has 1 N–H and O–H groups in total. The first-order valence-electron chi connectivity index (χ1n) is 7.46. The summed E-state index contributed by atoms with van der Waals surface area (Å²) in [4.78, 5) is 11.6. The van der Waals surface area contributed by atoms with Gasteiger partial charge < -0.3 is 4.74 Å². The maximum atomic E-state index is 12.9. The molecule has 1 fully saturated rings. The monoisotopic (exact) mass is 349 g/mol. The molecule has 0 aromatic heterocycles. The van der Waals surface area contributed by atoms with Crippen LogP contribution < -0.4 is 5.32 Å². The molecule has 0 radical (unpaired) electrons. The minimum Gasteiger partial charge on any atom is -0.446 e. The zero-order valence-corrected chi connectivity index (χ0v) is 13.1. The van der Waals surface area contributed by atoms with E-state index in [1.165, 1.54) is 0 Å². The van der Waals surface area contributed by atoms with Crippen LogP contribution in [0.4, 0.5) is 31.1 Å². The number of rotatable bonds is 3. The number of carbonyl (C=O) groups is 1. The average molecular weight is 349 g/mol. The van der Waals surface area contributed by atoms with E-state index in [4.69, 9.17) is 4.74 Å². The Bertz CT molecular complexity index is 406. The number of carbonyl (C=O) groups excluding carboxylic acids is 1. The second-order valence-electron chi connectivity index (χ2n) is 6.17. The van der Waals surface area contributed by atoms with Gasteiger partial charge in [-0.3, -0.25) is 5.32 Å². The fourth-order valence-electron chi connectivity index (χ4n) is 2.75. The molecular weight excluding hydrogens is 328 g/mol. The van der Waals surface area contributed by atoms with Crippen molar-refractivity contribution in [1.29, 1.82) is 0 Å². The standard InChI is InChI=1S/C14H21F6NO2/c1-4-12(13(15,16)17,14(18,19)20)21-11(22)23-10-6-5-8(2)9(3)7-10/h8-10H,4-7H2,1-3H3,(H,21,22)/t8-,9+,10-/m0/s1. The van der Waals surface area contributed by atoms with E-state index in [1.54, 1.807) is 0 Å². The Morgan fingerprint density at radius 3 is 1.96 bits per heavy atom. The van der Waals surface area contributed by atoms with Crippen LogP contribution in [0.25, 0.3) is 0 Å². The van der Waals surface area contributed by atoms with Crippen LogP contribution in [0.3, 0.4) is 0 Å². The molecule has 0 saturated heterocycles. The number of amides is 1. The third-order valence-electron chi connectivity index (χ3n) is 4.64. The van der Waals surface area contributed by atoms with Crippen molar-refractivity contribution in [3.8, 4) is 0 Å². The topological polar surface area (TPSA) is 38.3 Å². The summed E-state index contributed by atoms with van der Waals surface area (Å²) >= 11 is 0. The molecule has 1 rings (SSSR count). The Labute approximate surface area is 130 Å². The second kappa shape index (κ2) is 6.76. The van der Waals surface area contributed by atoms with Gasteiger partial charge in [0.15, 0.2) is 0 Å². The summed E-state index contributed by atoms with van der Waals surface area (Å²) in [6.07, 6.45) is -13.5. The number of halogens is 6. The van der Waals surface area contributed by atoms with E-state index in [0.717, 1.165) is 5.32 Å². The SMILES string of the molecule is CCC(NC(=O)O[C@H]1CC[C@H](C)[C@H](C)C1)(C(F)(F)F)C(F)(F)F. The lowest BCUT2D eigenvalue weighted by Gasteiger charge is -2.37. The van der Waals surface area contributed by atoms with Gasteiger partial charge in [0, 0.05) is 0 Å². The number of hydrogen-bond acceptors (Lipinski definition) is 2. The first-order chi connectivity index (χ1) is 10.3. The van der Waals surface area contributed by atoms with Crippen molar-refractivity contribution < 1.29 is 35.9 Å². The molecule has 3 atom stereocenters. The summed E-state index contributed by atoms with van der Waals surface area (Å²) in [6.45, 7) is 4.61. The summed E-state index contributed by atoms with van der Waals surface area (Å²) in [6, 6.07) is 0. The van der Waals surface area contributed by atoms with Crippen LogP contribution in [0.1, 0.15) is 46.5 Å². The van der Waals surface area contributed by atoms with E-state index in [9.17, 15) is 31.1 Å². The molecule has 3 nitrogen and oxygen atoms in total. The average Bonchev–Trinajstić information content (AvgIpc) is 2.37. The van der Waals surface area contributed by atoms with Crippen LogP contribution in [0, 0.1) is 11.8 Å². The predicted octanol–water partition coefficient (Wildman–Crippen LogP) is 4.81. The largest absolute Gasteiger partial charge is 0.446 e. The van der Waals surface area contributed by atoms with Crippen LogP contribution in [0.2, 0.25) is 0 Å². The maximum Gasteiger partial charge on any atom is 0.420 e. The minimum absolute atomic E-state index is 0.183. The fraction of sp³-hybridized carbons (Fsp3) is 0.929. The highest BCUT2D eigenvalue weighted by molar-refractivity contribution is 5.69. The van der Waals surface area contributed by atoms with Crippen LogP contribution in [-0.4, -0.2) is 30.1 Å². The molecule has 0 aliphatic heterocycles. The fourth-order valence-corrected chi connectivity index (χ4v) is 2.75. The van der Waals surface area contributed by atoms with Gasteiger partial charge in [0.05, 0.1) is 0 Å². The Morgan fingerprint density at radius 2 is 1.57 bits per heavy atom. The molecular formula is C14H21F6NO2. The van der Waals surface area contributed by atoms with Crippen LogP contribution in [-0.2, 0) is 4.74 Å². The first-order valence-corrected chi connectivity index (χ1v) is 7.46. The third kappa shape index (κ3) is 4.23. The van der Waals surface area contributed by atoms with Gasteiger partial charge in [0.1, 0.15) is 6.10 Å². The van der Waals surface area contributed by atoms with Crippen molar-refractivity contribution in [3.63, 3.8) is 0 Å². The molecule has 0 bridgehead atoms. The highest BCUT2D eigenvalue weighted by Crippen LogP contribution is 2.45. The summed E-state index contributed by atoms with van der Waals surface area (Å²) in [7, 11) is 0. The van der Waals surface area contributed by atoms with Crippen molar-refractivity contribution >= 4 is 6.09 Å². The van der Waals surface area contributed by atoms with E-state index >= 15 is 0 Å². The van der Waals surface area contributed by atoms with Gasteiger partial charge in [-0.25, -0.2) is 4.79 Å². The van der Waals surface area contributed by atoms with E-state index in [-0.39, 0.29) is 5.92 Å². The maximum absolute atomic E-state index is 12.9. The van der Waals surface area contributed by atoms with E-state index in [2.05, 4.69) is 0 Å². The molecule has 1 aliphatic rings. The van der Waals surface area contributed by atoms with Gasteiger partial charge in [-0.2, -0.15) is 26.3 Å². The summed E-state index contributed by atoms with van der Waals surface area (Å²) in [5, 5.41) is 1.02. The van der Waals surface area contributed by atoms with Crippen LogP contribution >= 0.6 is 0 Å². The lowest BCUT2D eigenvalue weighted by atomic mass is 9.80. The molecule has 1 amide bonds. The van der Waals surface area contributed by atoms with Gasteiger partial charge >= 0.3 is 18.4 Å². The molecule has 1 aliphatic carbocycles. The Hall–Kier alpha value is -1.15. The first kappa shape index (κ1) is 19.9. The summed E-state index contributed by atoms with van der Waals surface area (Å²) in [5.74, 6) is 0.556. The molecule has 136 valence electrons. The Kier molecular flexibility index (Phi) is 5.85. The van der Waals surface area contributed by atoms with Gasteiger partial charge in [-0.1, -0.05) is 20.8 Å². The second-order valence-corrected chi connectivity index (χ2v) is 6.17. The van der Waals surface area contributed by atoms with Crippen molar-refractivity contribution in [2.24, 2.45) is 11.8 Å². The number of nitrogens with one attached hydrogen (secondary N) is 1. The lowest BCUT2D eigenvalue weighted by Crippen LogP contribution is -2.67. The van der Waals surface area contributed by atoms with Gasteiger partial charge in [-0.15, -0.1) is 0 Å². The zero-order valence-electron chi connectivity index (χ0n) is 13.1. The third-order valence-corrected chi connectivity index (χ3v) is 4.64. The minimum atomic E-state index is -5.67. The van der Waals surface area contributed by atoms with Crippen molar-refractivity contribution in [1.82, 2.24) is 5.32 Å². The number of alkyl halides is 6. The van der Waals surface area contributed by atoms with E-state index in [0.29, 0.717) is 32.1 Å². The van der Waals surface area contributed by atoms with Crippen LogP contribution in [0.15, 0.2) is 0 Å². The number of alkyl carbamates (subject to hydrolysis) is 1. The van der Waals surface area contributed by atoms with E-state index < -0.39 is 36.5 Å². The molecule has 0 unspecified atom stereocenters. The van der Waals surface area contributed by atoms with E-state index in [1.807, 2.05) is 13.8 Å². The zero-order chi connectivity index (χ0) is 18.1. The molecule has 0 spiro atoms. The summed E-state index contributed by atoms with van der Waals surface area (Å²) in [5.41, 5.74) is -4.30. The van der Waals surface area contributed by atoms with Crippen molar-refractivity contribution in [3.05, 3.63) is 0 Å². The molecule has 0 aromatic rings. The number of hydrogen-bond donors (Lipinski definition) is 1. The molecule has 9 heteroatoms. The van der Waals surface area contributed by atoms with Crippen molar-refractivity contribution in [2.45, 2.75) is 70.4 Å². The highest BCUT2D eigenvalue weighted by Gasteiger charge is 2.71. The predicted molar refractivity (Wildman–Crippen MR) is 70.7 cm³/mol. The Balaban J connectivity index is 2.83. The molecule has 0 heterocycles. The highest BCUT2D eigenvalue weighted by atomic mass is 19.4. The Morgan fingerprint density at radius 1 is 1.04 bits per heavy atom. The normalized spacial score (nSPS) is 26.7. The van der Waals surface area contributed by atoms with Gasteiger partial charge in [-0.05, 0) is 37.5 Å². The molecule has 23 heavy (non-hydrogen) atoms. The summed E-state index contributed by atoms with van der Waals surface area (Å²) < 4.78 is 82.4. The quantitative estimate of drug-likeness (QED) is 0.743. The lowest BCUT2D eigenvalue weighted by molar-refractivity contribution is -0.305. The molecule has 1 saturated carbocycles. The van der Waals surface area contributed by atoms with Crippen LogP contribution in [0.5, 0.6) is 0 Å². The van der Waals surface area contributed by atoms with Gasteiger partial charge in [0.2, 0.25) is 5.54 Å². The van der Waals surface area contributed by atoms with Gasteiger partial charge in [0.25, 0.3) is 0 Å².